The predicted octanol–water partition coefficient (Wildman–Crippen LogP) is 2.93. The highest BCUT2D eigenvalue weighted by atomic mass is 32.1. The molecule has 1 N–H and O–H groups in total. The van der Waals surface area contributed by atoms with Gasteiger partial charge in [0.1, 0.15) is 5.00 Å². The van der Waals surface area contributed by atoms with Crippen molar-refractivity contribution in [1.82, 2.24) is 9.59 Å². The maximum Gasteiger partial charge on any atom is 0.272 e. The SMILES string of the molecule is Cc1ccc(C(C)Nc2cnns2)cc1[N+](=O)[O-]. The molecule has 0 amide bonds. The zero-order valence-corrected chi connectivity index (χ0v) is 10.8. The fourth-order valence-corrected chi connectivity index (χ4v) is 2.13. The largest absolute Gasteiger partial charge is 0.368 e. The Balaban J connectivity index is 2.22. The third kappa shape index (κ3) is 2.62. The van der Waals surface area contributed by atoms with Crippen LogP contribution in [0, 0.1) is 17.0 Å². The smallest absolute Gasteiger partial charge is 0.272 e. The van der Waals surface area contributed by atoms with Gasteiger partial charge < -0.3 is 5.32 Å². The summed E-state index contributed by atoms with van der Waals surface area (Å²) >= 11 is 1.25. The third-order valence-electron chi connectivity index (χ3n) is 2.65. The van der Waals surface area contributed by atoms with E-state index >= 15 is 0 Å². The van der Waals surface area contributed by atoms with E-state index in [-0.39, 0.29) is 16.7 Å². The second kappa shape index (κ2) is 5.09. The Hall–Kier alpha value is -2.02. The molecule has 1 heterocycles. The zero-order chi connectivity index (χ0) is 13.1. The first kappa shape index (κ1) is 12.4. The average molecular weight is 264 g/mol. The number of benzene rings is 1. The lowest BCUT2D eigenvalue weighted by Gasteiger charge is -2.13. The lowest BCUT2D eigenvalue weighted by molar-refractivity contribution is -0.385. The summed E-state index contributed by atoms with van der Waals surface area (Å²) in [6.45, 7) is 3.67. The summed E-state index contributed by atoms with van der Waals surface area (Å²) < 4.78 is 3.75. The minimum atomic E-state index is -0.361. The minimum absolute atomic E-state index is 0.0356. The molecule has 6 nitrogen and oxygen atoms in total. The molecular weight excluding hydrogens is 252 g/mol. The van der Waals surface area contributed by atoms with Crippen molar-refractivity contribution in [3.05, 3.63) is 45.6 Å². The van der Waals surface area contributed by atoms with Gasteiger partial charge in [0.25, 0.3) is 5.69 Å². The average Bonchev–Trinajstić information content (AvgIpc) is 2.81. The van der Waals surface area contributed by atoms with Crippen LogP contribution in [-0.4, -0.2) is 14.5 Å². The molecule has 18 heavy (non-hydrogen) atoms. The van der Waals surface area contributed by atoms with Gasteiger partial charge in [0.2, 0.25) is 0 Å². The van der Waals surface area contributed by atoms with E-state index in [0.717, 1.165) is 10.6 Å². The van der Waals surface area contributed by atoms with Crippen LogP contribution in [0.3, 0.4) is 0 Å². The van der Waals surface area contributed by atoms with Gasteiger partial charge in [0.15, 0.2) is 0 Å². The first-order valence-electron chi connectivity index (χ1n) is 5.37. The van der Waals surface area contributed by atoms with Crippen LogP contribution in [0.5, 0.6) is 0 Å². The van der Waals surface area contributed by atoms with Crippen molar-refractivity contribution < 1.29 is 4.92 Å². The second-order valence-corrected chi connectivity index (χ2v) is 4.74. The van der Waals surface area contributed by atoms with Gasteiger partial charge in [0.05, 0.1) is 11.1 Å². The summed E-state index contributed by atoms with van der Waals surface area (Å²) in [5, 5.41) is 18.6. The summed E-state index contributed by atoms with van der Waals surface area (Å²) in [6.07, 6.45) is 1.63. The summed E-state index contributed by atoms with van der Waals surface area (Å²) in [7, 11) is 0. The van der Waals surface area contributed by atoms with Gasteiger partial charge in [-0.2, -0.15) is 0 Å². The molecule has 0 bridgehead atoms. The van der Waals surface area contributed by atoms with Gasteiger partial charge in [0, 0.05) is 29.2 Å². The number of nitrogens with zero attached hydrogens (tertiary/aromatic N) is 3. The number of nitrogens with one attached hydrogen (secondary N) is 1. The first-order chi connectivity index (χ1) is 8.58. The summed E-state index contributed by atoms with van der Waals surface area (Å²) in [5.74, 6) is 0. The van der Waals surface area contributed by atoms with Crippen molar-refractivity contribution in [3.63, 3.8) is 0 Å². The van der Waals surface area contributed by atoms with E-state index < -0.39 is 0 Å². The van der Waals surface area contributed by atoms with E-state index in [1.54, 1.807) is 25.3 Å². The fourth-order valence-electron chi connectivity index (χ4n) is 1.62. The Bertz CT molecular complexity index is 556. The minimum Gasteiger partial charge on any atom is -0.368 e. The lowest BCUT2D eigenvalue weighted by Crippen LogP contribution is -2.06. The van der Waals surface area contributed by atoms with Crippen LogP contribution in [-0.2, 0) is 0 Å². The summed E-state index contributed by atoms with van der Waals surface area (Å²) in [5.41, 5.74) is 1.67. The Morgan fingerprint density at radius 3 is 2.89 bits per heavy atom. The standard InChI is InChI=1S/C11H12N4O2S/c1-7-3-4-9(5-10(7)15(16)17)8(2)13-11-6-12-14-18-11/h3-6,8,13H,1-2H3. The summed E-state index contributed by atoms with van der Waals surface area (Å²) in [4.78, 5) is 10.5. The first-order valence-corrected chi connectivity index (χ1v) is 6.14. The molecule has 7 heteroatoms. The van der Waals surface area contributed by atoms with Gasteiger partial charge in [-0.1, -0.05) is 16.6 Å². The topological polar surface area (TPSA) is 81.0 Å². The van der Waals surface area contributed by atoms with Crippen molar-refractivity contribution in [3.8, 4) is 0 Å². The van der Waals surface area contributed by atoms with E-state index in [0.29, 0.717) is 5.56 Å². The van der Waals surface area contributed by atoms with Crippen LogP contribution in [0.4, 0.5) is 10.7 Å². The number of aromatic nitrogens is 2. The molecule has 0 aliphatic carbocycles. The number of rotatable bonds is 4. The van der Waals surface area contributed by atoms with Gasteiger partial charge in [-0.25, -0.2) is 0 Å². The number of anilines is 1. The fraction of sp³-hybridized carbons (Fsp3) is 0.273. The van der Waals surface area contributed by atoms with Crippen molar-refractivity contribution in [2.24, 2.45) is 0 Å². The Morgan fingerprint density at radius 1 is 1.50 bits per heavy atom. The van der Waals surface area contributed by atoms with Gasteiger partial charge in [-0.3, -0.25) is 10.1 Å². The lowest BCUT2D eigenvalue weighted by atomic mass is 10.1. The molecule has 0 saturated heterocycles. The van der Waals surface area contributed by atoms with Crippen LogP contribution in [0.1, 0.15) is 24.1 Å². The molecule has 94 valence electrons. The van der Waals surface area contributed by atoms with Crippen molar-refractivity contribution in [1.29, 1.82) is 0 Å². The van der Waals surface area contributed by atoms with Crippen LogP contribution in [0.2, 0.25) is 0 Å². The normalized spacial score (nSPS) is 12.1. The van der Waals surface area contributed by atoms with E-state index in [1.807, 2.05) is 13.0 Å². The molecule has 0 aliphatic rings. The summed E-state index contributed by atoms with van der Waals surface area (Å²) in [6, 6.07) is 5.21. The number of aryl methyl sites for hydroxylation is 1. The quantitative estimate of drug-likeness (QED) is 0.678. The Kier molecular flexibility index (Phi) is 3.52. The third-order valence-corrected chi connectivity index (χ3v) is 3.25. The van der Waals surface area contributed by atoms with Gasteiger partial charge in [-0.15, -0.1) is 5.10 Å². The van der Waals surface area contributed by atoms with Crippen molar-refractivity contribution >= 4 is 22.2 Å². The monoisotopic (exact) mass is 264 g/mol. The van der Waals surface area contributed by atoms with Crippen LogP contribution in [0.25, 0.3) is 0 Å². The molecule has 0 aliphatic heterocycles. The highest BCUT2D eigenvalue weighted by molar-refractivity contribution is 7.09. The van der Waals surface area contributed by atoms with E-state index in [2.05, 4.69) is 14.9 Å². The highest BCUT2D eigenvalue weighted by Crippen LogP contribution is 2.26. The van der Waals surface area contributed by atoms with E-state index in [1.165, 1.54) is 11.5 Å². The molecule has 2 rings (SSSR count). The molecule has 1 aromatic carbocycles. The number of hydrogen-bond donors (Lipinski definition) is 1. The maximum absolute atomic E-state index is 10.9. The van der Waals surface area contributed by atoms with Crippen molar-refractivity contribution in [2.45, 2.75) is 19.9 Å². The highest BCUT2D eigenvalue weighted by Gasteiger charge is 2.14. The molecule has 0 fully saturated rings. The predicted molar refractivity (Wildman–Crippen MR) is 69.8 cm³/mol. The van der Waals surface area contributed by atoms with E-state index in [9.17, 15) is 10.1 Å². The van der Waals surface area contributed by atoms with Crippen LogP contribution in [0.15, 0.2) is 24.4 Å². The second-order valence-electron chi connectivity index (χ2n) is 3.95. The Labute approximate surface area is 108 Å². The van der Waals surface area contributed by atoms with Gasteiger partial charge >= 0.3 is 0 Å². The molecular formula is C11H12N4O2S. The number of nitro benzene ring substituents is 1. The number of nitro groups is 1. The van der Waals surface area contributed by atoms with Gasteiger partial charge in [-0.05, 0) is 19.4 Å². The molecule has 1 unspecified atom stereocenters. The molecule has 0 spiro atoms. The Morgan fingerprint density at radius 2 is 2.28 bits per heavy atom. The molecule has 2 aromatic rings. The molecule has 0 saturated carbocycles. The molecule has 1 atom stereocenters. The van der Waals surface area contributed by atoms with E-state index in [4.69, 9.17) is 0 Å². The molecule has 1 aromatic heterocycles. The van der Waals surface area contributed by atoms with Crippen LogP contribution < -0.4 is 5.32 Å². The zero-order valence-electron chi connectivity index (χ0n) is 9.95. The molecule has 0 radical (unpaired) electrons. The van der Waals surface area contributed by atoms with Crippen molar-refractivity contribution in [2.75, 3.05) is 5.32 Å². The maximum atomic E-state index is 10.9. The van der Waals surface area contributed by atoms with Crippen LogP contribution >= 0.6 is 11.5 Å². The number of hydrogen-bond acceptors (Lipinski definition) is 6.